The zero-order valence-electron chi connectivity index (χ0n) is 20.5. The molecular formula is C28H34ClFN2O3. The van der Waals surface area contributed by atoms with Crippen LogP contribution in [0.3, 0.4) is 0 Å². The fraction of sp³-hybridized carbons (Fsp3) is 0.429. The maximum absolute atomic E-state index is 13.4. The predicted molar refractivity (Wildman–Crippen MR) is 138 cm³/mol. The molecule has 0 aliphatic carbocycles. The molecule has 0 bridgehead atoms. The number of hydrogen-bond acceptors (Lipinski definition) is 4. The summed E-state index contributed by atoms with van der Waals surface area (Å²) in [6.45, 7) is 7.53. The molecule has 1 saturated heterocycles. The SMILES string of the molecule is CCCCN(CCCC)CCCN1C(=O)C(=O)C(=C(O)c2ccc(F)cc2)[C@H]1c1ccccc1Cl. The van der Waals surface area contributed by atoms with E-state index in [-0.39, 0.29) is 16.9 Å². The van der Waals surface area contributed by atoms with Gasteiger partial charge in [-0.2, -0.15) is 0 Å². The highest BCUT2D eigenvalue weighted by Crippen LogP contribution is 2.41. The predicted octanol–water partition coefficient (Wildman–Crippen LogP) is 6.19. The van der Waals surface area contributed by atoms with Gasteiger partial charge in [0.2, 0.25) is 0 Å². The second-order valence-electron chi connectivity index (χ2n) is 8.92. The van der Waals surface area contributed by atoms with Crippen molar-refractivity contribution in [2.45, 2.75) is 52.0 Å². The fourth-order valence-corrected chi connectivity index (χ4v) is 4.70. The molecule has 1 amide bonds. The number of rotatable bonds is 12. The van der Waals surface area contributed by atoms with E-state index in [9.17, 15) is 19.1 Å². The third kappa shape index (κ3) is 6.50. The molecule has 0 spiro atoms. The number of carbonyl (C=O) groups excluding carboxylic acids is 2. The monoisotopic (exact) mass is 500 g/mol. The van der Waals surface area contributed by atoms with Crippen LogP contribution in [0.2, 0.25) is 5.02 Å². The number of aliphatic hydroxyl groups is 1. The van der Waals surface area contributed by atoms with E-state index in [1.54, 1.807) is 24.3 Å². The molecule has 1 heterocycles. The molecule has 7 heteroatoms. The zero-order valence-corrected chi connectivity index (χ0v) is 21.2. The van der Waals surface area contributed by atoms with E-state index in [0.717, 1.165) is 45.3 Å². The summed E-state index contributed by atoms with van der Waals surface area (Å²) in [5.41, 5.74) is 0.821. The standard InChI is InChI=1S/C28H34ClFN2O3/c1-3-5-16-31(17-6-4-2)18-9-19-32-25(22-10-7-8-11-23(22)29)24(27(34)28(32)35)26(33)20-12-14-21(30)15-13-20/h7-8,10-15,25,33H,3-6,9,16-19H2,1-2H3/t25-/m1/s1. The topological polar surface area (TPSA) is 60.9 Å². The van der Waals surface area contributed by atoms with E-state index in [1.807, 2.05) is 0 Å². The lowest BCUT2D eigenvalue weighted by molar-refractivity contribution is -0.140. The lowest BCUT2D eigenvalue weighted by Gasteiger charge is -2.28. The Kier molecular flexibility index (Phi) is 9.87. The first-order valence-corrected chi connectivity index (χ1v) is 12.8. The van der Waals surface area contributed by atoms with Gasteiger partial charge in [-0.25, -0.2) is 4.39 Å². The number of ketones is 1. The van der Waals surface area contributed by atoms with E-state index in [0.29, 0.717) is 23.6 Å². The van der Waals surface area contributed by atoms with Crippen molar-refractivity contribution < 1.29 is 19.1 Å². The highest BCUT2D eigenvalue weighted by molar-refractivity contribution is 6.47. The summed E-state index contributed by atoms with van der Waals surface area (Å²) in [5.74, 6) is -2.21. The molecule has 1 aliphatic rings. The van der Waals surface area contributed by atoms with Crippen molar-refractivity contribution in [1.82, 2.24) is 9.80 Å². The number of unbranched alkanes of at least 4 members (excludes halogenated alkanes) is 2. The number of aliphatic hydroxyl groups excluding tert-OH is 1. The Morgan fingerprint density at radius 3 is 2.17 bits per heavy atom. The maximum Gasteiger partial charge on any atom is 0.295 e. The van der Waals surface area contributed by atoms with Crippen molar-refractivity contribution in [3.05, 3.63) is 76.1 Å². The van der Waals surface area contributed by atoms with Crippen LogP contribution < -0.4 is 0 Å². The van der Waals surface area contributed by atoms with Gasteiger partial charge in [0.15, 0.2) is 0 Å². The van der Waals surface area contributed by atoms with E-state index in [4.69, 9.17) is 11.6 Å². The van der Waals surface area contributed by atoms with Crippen LogP contribution in [0, 0.1) is 5.82 Å². The molecule has 2 aromatic carbocycles. The van der Waals surface area contributed by atoms with Gasteiger partial charge in [0, 0.05) is 17.1 Å². The summed E-state index contributed by atoms with van der Waals surface area (Å²) >= 11 is 6.49. The number of halogens is 2. The number of Topliss-reactive ketones (excluding diaryl/α,β-unsaturated/α-hetero) is 1. The molecule has 0 aromatic heterocycles. The zero-order chi connectivity index (χ0) is 25.4. The van der Waals surface area contributed by atoms with Crippen LogP contribution in [-0.4, -0.2) is 52.8 Å². The second kappa shape index (κ2) is 12.8. The first-order chi connectivity index (χ1) is 16.9. The average molecular weight is 501 g/mol. The molecular weight excluding hydrogens is 467 g/mol. The molecule has 2 aromatic rings. The molecule has 0 unspecified atom stereocenters. The van der Waals surface area contributed by atoms with Gasteiger partial charge in [0.25, 0.3) is 11.7 Å². The Morgan fingerprint density at radius 1 is 0.971 bits per heavy atom. The minimum absolute atomic E-state index is 0.0245. The molecule has 1 fully saturated rings. The van der Waals surface area contributed by atoms with Gasteiger partial charge in [-0.05, 0) is 74.8 Å². The van der Waals surface area contributed by atoms with Crippen molar-refractivity contribution in [3.63, 3.8) is 0 Å². The third-order valence-corrected chi connectivity index (χ3v) is 6.73. The molecule has 1 N–H and O–H groups in total. The van der Waals surface area contributed by atoms with Gasteiger partial charge >= 0.3 is 0 Å². The van der Waals surface area contributed by atoms with Crippen molar-refractivity contribution in [3.8, 4) is 0 Å². The number of carbonyl (C=O) groups is 2. The van der Waals surface area contributed by atoms with Crippen molar-refractivity contribution >= 4 is 29.1 Å². The highest BCUT2D eigenvalue weighted by atomic mass is 35.5. The summed E-state index contributed by atoms with van der Waals surface area (Å²) < 4.78 is 13.4. The number of hydrogen-bond donors (Lipinski definition) is 1. The van der Waals surface area contributed by atoms with Gasteiger partial charge < -0.3 is 14.9 Å². The quantitative estimate of drug-likeness (QED) is 0.214. The molecule has 35 heavy (non-hydrogen) atoms. The molecule has 1 aliphatic heterocycles. The van der Waals surface area contributed by atoms with Gasteiger partial charge in [-0.3, -0.25) is 9.59 Å². The maximum atomic E-state index is 13.4. The summed E-state index contributed by atoms with van der Waals surface area (Å²) in [4.78, 5) is 30.2. The minimum atomic E-state index is -0.812. The Morgan fingerprint density at radius 2 is 1.57 bits per heavy atom. The van der Waals surface area contributed by atoms with E-state index in [1.165, 1.54) is 29.2 Å². The van der Waals surface area contributed by atoms with Crippen molar-refractivity contribution in [2.24, 2.45) is 0 Å². The average Bonchev–Trinajstić information content (AvgIpc) is 3.10. The molecule has 5 nitrogen and oxygen atoms in total. The number of amides is 1. The Labute approximate surface area is 212 Å². The van der Waals surface area contributed by atoms with Crippen LogP contribution in [0.5, 0.6) is 0 Å². The number of benzene rings is 2. The molecule has 1 atom stereocenters. The van der Waals surface area contributed by atoms with Gasteiger partial charge in [-0.1, -0.05) is 56.5 Å². The molecule has 0 saturated carbocycles. The van der Waals surface area contributed by atoms with Crippen LogP contribution in [0.1, 0.15) is 63.1 Å². The molecule has 0 radical (unpaired) electrons. The van der Waals surface area contributed by atoms with E-state index in [2.05, 4.69) is 18.7 Å². The lowest BCUT2D eigenvalue weighted by atomic mass is 9.95. The van der Waals surface area contributed by atoms with Crippen molar-refractivity contribution in [1.29, 1.82) is 0 Å². The number of likely N-dealkylation sites (tertiary alicyclic amines) is 1. The Bertz CT molecular complexity index is 1050. The normalized spacial score (nSPS) is 17.5. The largest absolute Gasteiger partial charge is 0.507 e. The molecule has 188 valence electrons. The first-order valence-electron chi connectivity index (χ1n) is 12.4. The number of nitrogens with zero attached hydrogens (tertiary/aromatic N) is 2. The van der Waals surface area contributed by atoms with E-state index < -0.39 is 23.5 Å². The molecule has 3 rings (SSSR count). The van der Waals surface area contributed by atoms with Crippen LogP contribution in [0.25, 0.3) is 5.76 Å². The van der Waals surface area contributed by atoms with Crippen LogP contribution >= 0.6 is 11.6 Å². The summed E-state index contributed by atoms with van der Waals surface area (Å²) in [6.07, 6.45) is 5.16. The smallest absolute Gasteiger partial charge is 0.295 e. The van der Waals surface area contributed by atoms with Gasteiger partial charge in [-0.15, -0.1) is 0 Å². The van der Waals surface area contributed by atoms with Crippen LogP contribution in [0.15, 0.2) is 54.1 Å². The summed E-state index contributed by atoms with van der Waals surface area (Å²) in [7, 11) is 0. The van der Waals surface area contributed by atoms with Crippen molar-refractivity contribution in [2.75, 3.05) is 26.2 Å². The van der Waals surface area contributed by atoms with Crippen LogP contribution in [-0.2, 0) is 9.59 Å². The Balaban J connectivity index is 1.92. The minimum Gasteiger partial charge on any atom is -0.507 e. The third-order valence-electron chi connectivity index (χ3n) is 6.39. The second-order valence-corrected chi connectivity index (χ2v) is 9.33. The first kappa shape index (κ1) is 26.9. The highest BCUT2D eigenvalue weighted by Gasteiger charge is 2.46. The van der Waals surface area contributed by atoms with Gasteiger partial charge in [0.05, 0.1) is 11.6 Å². The van der Waals surface area contributed by atoms with Gasteiger partial charge in [0.1, 0.15) is 11.6 Å². The summed E-state index contributed by atoms with van der Waals surface area (Å²) in [6, 6.07) is 11.4. The van der Waals surface area contributed by atoms with Crippen LogP contribution in [0.4, 0.5) is 4.39 Å². The lowest BCUT2D eigenvalue weighted by Crippen LogP contribution is -2.34. The fourth-order valence-electron chi connectivity index (χ4n) is 4.46. The summed E-state index contributed by atoms with van der Waals surface area (Å²) in [5, 5.41) is 11.5. The Hall–Kier alpha value is -2.70. The van der Waals surface area contributed by atoms with E-state index >= 15 is 0 Å².